The summed E-state index contributed by atoms with van der Waals surface area (Å²) in [5.74, 6) is 0.794. The summed E-state index contributed by atoms with van der Waals surface area (Å²) >= 11 is 2.19. The molecule has 0 N–H and O–H groups in total. The standard InChI is InChI=1S/C9H8IN3/c1-5-3-4-7-8(11-5)9(10)13-6(2)12-7/h3-4H,1-2H3. The van der Waals surface area contributed by atoms with Crippen molar-refractivity contribution in [3.05, 3.63) is 27.4 Å². The third-order valence-corrected chi connectivity index (χ3v) is 2.50. The first kappa shape index (κ1) is 8.80. The quantitative estimate of drug-likeness (QED) is 0.550. The van der Waals surface area contributed by atoms with Crippen LogP contribution in [-0.4, -0.2) is 15.0 Å². The number of halogens is 1. The maximum atomic E-state index is 4.38. The first-order valence-electron chi connectivity index (χ1n) is 3.94. The molecule has 2 rings (SSSR count). The maximum absolute atomic E-state index is 4.38. The molecule has 0 unspecified atom stereocenters. The Labute approximate surface area is 89.8 Å². The summed E-state index contributed by atoms with van der Waals surface area (Å²) in [5.41, 5.74) is 2.81. The summed E-state index contributed by atoms with van der Waals surface area (Å²) in [6.45, 7) is 3.86. The molecule has 0 aliphatic rings. The number of nitrogens with zero attached hydrogens (tertiary/aromatic N) is 3. The number of hydrogen-bond donors (Lipinski definition) is 0. The van der Waals surface area contributed by atoms with Gasteiger partial charge in [-0.1, -0.05) is 0 Å². The fourth-order valence-electron chi connectivity index (χ4n) is 1.19. The summed E-state index contributed by atoms with van der Waals surface area (Å²) in [6, 6.07) is 3.94. The fourth-order valence-corrected chi connectivity index (χ4v) is 1.93. The molecular weight excluding hydrogens is 277 g/mol. The zero-order chi connectivity index (χ0) is 9.42. The number of rotatable bonds is 0. The first-order chi connectivity index (χ1) is 6.16. The molecule has 0 fully saturated rings. The first-order valence-corrected chi connectivity index (χ1v) is 5.02. The topological polar surface area (TPSA) is 38.7 Å². The molecule has 0 amide bonds. The highest BCUT2D eigenvalue weighted by Crippen LogP contribution is 2.15. The van der Waals surface area contributed by atoms with E-state index in [-0.39, 0.29) is 0 Å². The molecule has 0 bridgehead atoms. The van der Waals surface area contributed by atoms with E-state index in [1.165, 1.54) is 0 Å². The van der Waals surface area contributed by atoms with Crippen LogP contribution in [0, 0.1) is 17.5 Å². The molecule has 3 nitrogen and oxygen atoms in total. The zero-order valence-electron chi connectivity index (χ0n) is 7.37. The van der Waals surface area contributed by atoms with Crippen LogP contribution in [0.2, 0.25) is 0 Å². The van der Waals surface area contributed by atoms with Gasteiger partial charge in [-0.15, -0.1) is 0 Å². The van der Waals surface area contributed by atoms with Gasteiger partial charge < -0.3 is 0 Å². The summed E-state index contributed by atoms with van der Waals surface area (Å²) < 4.78 is 0.920. The molecule has 0 radical (unpaired) electrons. The van der Waals surface area contributed by atoms with E-state index in [1.54, 1.807) is 0 Å². The van der Waals surface area contributed by atoms with Gasteiger partial charge in [0.15, 0.2) is 0 Å². The third kappa shape index (κ3) is 1.63. The molecule has 4 heteroatoms. The van der Waals surface area contributed by atoms with E-state index >= 15 is 0 Å². The lowest BCUT2D eigenvalue weighted by Gasteiger charge is -2.00. The minimum absolute atomic E-state index is 0.794. The summed E-state index contributed by atoms with van der Waals surface area (Å²) in [7, 11) is 0. The van der Waals surface area contributed by atoms with Crippen LogP contribution in [0.3, 0.4) is 0 Å². The van der Waals surface area contributed by atoms with E-state index in [2.05, 4.69) is 37.5 Å². The molecule has 0 aromatic carbocycles. The minimum Gasteiger partial charge on any atom is -0.249 e. The molecule has 0 aliphatic heterocycles. The predicted octanol–water partition coefficient (Wildman–Crippen LogP) is 2.25. The van der Waals surface area contributed by atoms with Crippen molar-refractivity contribution in [3.8, 4) is 0 Å². The second-order valence-corrected chi connectivity index (χ2v) is 3.90. The van der Waals surface area contributed by atoms with Crippen molar-refractivity contribution in [2.75, 3.05) is 0 Å². The predicted molar refractivity (Wildman–Crippen MR) is 59.5 cm³/mol. The van der Waals surface area contributed by atoms with Crippen LogP contribution in [0.15, 0.2) is 12.1 Å². The van der Waals surface area contributed by atoms with Gasteiger partial charge in [-0.25, -0.2) is 15.0 Å². The van der Waals surface area contributed by atoms with Crippen LogP contribution in [-0.2, 0) is 0 Å². The lowest BCUT2D eigenvalue weighted by Crippen LogP contribution is -1.95. The smallest absolute Gasteiger partial charge is 0.131 e. The molecule has 66 valence electrons. The second kappa shape index (κ2) is 3.17. The maximum Gasteiger partial charge on any atom is 0.131 e. The van der Waals surface area contributed by atoms with Crippen molar-refractivity contribution in [1.82, 2.24) is 15.0 Å². The average molecular weight is 285 g/mol. The SMILES string of the molecule is Cc1ccc2nc(C)nc(I)c2n1. The normalized spacial score (nSPS) is 10.7. The van der Waals surface area contributed by atoms with Gasteiger partial charge in [-0.05, 0) is 48.6 Å². The number of pyridine rings is 1. The van der Waals surface area contributed by atoms with E-state index in [9.17, 15) is 0 Å². The van der Waals surface area contributed by atoms with Crippen LogP contribution in [0.4, 0.5) is 0 Å². The third-order valence-electron chi connectivity index (χ3n) is 1.75. The Morgan fingerprint density at radius 3 is 2.62 bits per heavy atom. The van der Waals surface area contributed by atoms with Crippen molar-refractivity contribution in [2.24, 2.45) is 0 Å². The number of fused-ring (bicyclic) bond motifs is 1. The van der Waals surface area contributed by atoms with Gasteiger partial charge >= 0.3 is 0 Å². The van der Waals surface area contributed by atoms with E-state index in [0.29, 0.717) is 0 Å². The van der Waals surface area contributed by atoms with Crippen molar-refractivity contribution < 1.29 is 0 Å². The molecule has 0 saturated heterocycles. The molecule has 0 aliphatic carbocycles. The van der Waals surface area contributed by atoms with Gasteiger partial charge in [0, 0.05) is 5.69 Å². The van der Waals surface area contributed by atoms with Gasteiger partial charge in [0.1, 0.15) is 15.0 Å². The van der Waals surface area contributed by atoms with Crippen molar-refractivity contribution in [1.29, 1.82) is 0 Å². The average Bonchev–Trinajstić information content (AvgIpc) is 2.06. The molecule has 0 atom stereocenters. The Kier molecular flexibility index (Phi) is 2.15. The largest absolute Gasteiger partial charge is 0.249 e. The highest BCUT2D eigenvalue weighted by molar-refractivity contribution is 14.1. The molecule has 13 heavy (non-hydrogen) atoms. The van der Waals surface area contributed by atoms with Gasteiger partial charge in [-0.3, -0.25) is 0 Å². The highest BCUT2D eigenvalue weighted by Gasteiger charge is 2.03. The molecule has 2 aromatic rings. The van der Waals surface area contributed by atoms with E-state index in [1.807, 2.05) is 26.0 Å². The molecule has 0 saturated carbocycles. The summed E-state index contributed by atoms with van der Waals surface area (Å²) in [4.78, 5) is 12.9. The summed E-state index contributed by atoms with van der Waals surface area (Å²) in [5, 5.41) is 0. The Morgan fingerprint density at radius 2 is 1.85 bits per heavy atom. The van der Waals surface area contributed by atoms with Gasteiger partial charge in [0.25, 0.3) is 0 Å². The van der Waals surface area contributed by atoms with E-state index in [4.69, 9.17) is 0 Å². The Morgan fingerprint density at radius 1 is 1.08 bits per heavy atom. The number of aromatic nitrogens is 3. The van der Waals surface area contributed by atoms with E-state index in [0.717, 1.165) is 26.3 Å². The van der Waals surface area contributed by atoms with E-state index < -0.39 is 0 Å². The van der Waals surface area contributed by atoms with Crippen molar-refractivity contribution >= 4 is 33.6 Å². The number of hydrogen-bond acceptors (Lipinski definition) is 3. The highest BCUT2D eigenvalue weighted by atomic mass is 127. The van der Waals surface area contributed by atoms with Crippen LogP contribution in [0.5, 0.6) is 0 Å². The molecule has 2 heterocycles. The van der Waals surface area contributed by atoms with Crippen LogP contribution >= 0.6 is 22.6 Å². The molecular formula is C9H8IN3. The summed E-state index contributed by atoms with van der Waals surface area (Å²) in [6.07, 6.45) is 0. The zero-order valence-corrected chi connectivity index (χ0v) is 9.53. The minimum atomic E-state index is 0.794. The Bertz CT molecular complexity index is 468. The van der Waals surface area contributed by atoms with Gasteiger partial charge in [-0.2, -0.15) is 0 Å². The lowest BCUT2D eigenvalue weighted by molar-refractivity contribution is 1.05. The lowest BCUT2D eigenvalue weighted by atomic mass is 10.3. The van der Waals surface area contributed by atoms with Crippen LogP contribution in [0.25, 0.3) is 11.0 Å². The fraction of sp³-hybridized carbons (Fsp3) is 0.222. The van der Waals surface area contributed by atoms with Gasteiger partial charge in [0.05, 0.1) is 5.52 Å². The monoisotopic (exact) mass is 285 g/mol. The number of aryl methyl sites for hydroxylation is 2. The van der Waals surface area contributed by atoms with Crippen LogP contribution < -0.4 is 0 Å². The molecule has 2 aromatic heterocycles. The molecule has 0 spiro atoms. The van der Waals surface area contributed by atoms with Crippen LogP contribution in [0.1, 0.15) is 11.5 Å². The second-order valence-electron chi connectivity index (χ2n) is 2.88. The van der Waals surface area contributed by atoms with Crippen molar-refractivity contribution in [2.45, 2.75) is 13.8 Å². The Balaban J connectivity index is 2.87. The van der Waals surface area contributed by atoms with Gasteiger partial charge in [0.2, 0.25) is 0 Å². The Hall–Kier alpha value is -0.780. The van der Waals surface area contributed by atoms with Crippen molar-refractivity contribution in [3.63, 3.8) is 0 Å².